The lowest BCUT2D eigenvalue weighted by Crippen LogP contribution is -2.54. The highest BCUT2D eigenvalue weighted by Crippen LogP contribution is 2.60. The largest absolute Gasteiger partial charge is 0.504 e. The minimum atomic E-state index is -1.14. The van der Waals surface area contributed by atoms with E-state index in [0.717, 1.165) is 36.8 Å². The van der Waals surface area contributed by atoms with Crippen LogP contribution in [0.15, 0.2) is 6.07 Å². The molecule has 2 atom stereocenters. The first-order valence-corrected chi connectivity index (χ1v) is 9.83. The normalized spacial score (nSPS) is 26.2. The molecule has 0 bridgehead atoms. The van der Waals surface area contributed by atoms with Gasteiger partial charge < -0.3 is 14.9 Å². The summed E-state index contributed by atoms with van der Waals surface area (Å²) < 4.78 is 5.38. The predicted molar refractivity (Wildman–Crippen MR) is 102 cm³/mol. The maximum Gasteiger partial charge on any atom is 0.314 e. The fourth-order valence-corrected chi connectivity index (χ4v) is 5.54. The smallest absolute Gasteiger partial charge is 0.314 e. The van der Waals surface area contributed by atoms with Crippen LogP contribution in [-0.2, 0) is 21.4 Å². The number of ether oxygens (including phenoxy) is 1. The summed E-state index contributed by atoms with van der Waals surface area (Å²) in [4.78, 5) is 24.3. The fraction of sp³-hybridized carbons (Fsp3) is 0.636. The maximum atomic E-state index is 12.6. The summed E-state index contributed by atoms with van der Waals surface area (Å²) in [5, 5.41) is 21.6. The van der Waals surface area contributed by atoms with Gasteiger partial charge in [-0.2, -0.15) is 0 Å². The van der Waals surface area contributed by atoms with E-state index in [4.69, 9.17) is 4.74 Å². The van der Waals surface area contributed by atoms with Gasteiger partial charge >= 0.3 is 11.9 Å². The Morgan fingerprint density at radius 1 is 1.26 bits per heavy atom. The number of fused-ring (bicyclic) bond motifs is 3. The first kappa shape index (κ1) is 19.7. The Kier molecular flexibility index (Phi) is 4.77. The molecule has 1 aromatic rings. The van der Waals surface area contributed by atoms with Crippen LogP contribution < -0.4 is 4.74 Å². The van der Waals surface area contributed by atoms with Gasteiger partial charge in [0, 0.05) is 18.1 Å². The van der Waals surface area contributed by atoms with Crippen molar-refractivity contribution in [2.45, 2.75) is 78.1 Å². The molecule has 2 aliphatic carbocycles. The zero-order valence-corrected chi connectivity index (χ0v) is 16.9. The number of esters is 1. The number of benzene rings is 1. The highest BCUT2D eigenvalue weighted by atomic mass is 16.5. The second-order valence-electron chi connectivity index (χ2n) is 9.14. The van der Waals surface area contributed by atoms with Crippen molar-refractivity contribution in [1.29, 1.82) is 0 Å². The van der Waals surface area contributed by atoms with E-state index < -0.39 is 17.4 Å². The SMILES string of the molecule is CC(=O)Oc1c(C(C)C)cc2c(c1O)[C@@]1(C(=O)O)CCCC(C)(C)[C@@H]1CC2. The molecule has 148 valence electrons. The van der Waals surface area contributed by atoms with Gasteiger partial charge in [0.1, 0.15) is 0 Å². The minimum Gasteiger partial charge on any atom is -0.504 e. The Morgan fingerprint density at radius 3 is 2.48 bits per heavy atom. The first-order valence-electron chi connectivity index (χ1n) is 9.83. The van der Waals surface area contributed by atoms with E-state index in [0.29, 0.717) is 12.0 Å². The average Bonchev–Trinajstić information content (AvgIpc) is 2.55. The van der Waals surface area contributed by atoms with E-state index in [-0.39, 0.29) is 28.7 Å². The molecular weight excluding hydrogens is 344 g/mol. The monoisotopic (exact) mass is 374 g/mol. The van der Waals surface area contributed by atoms with Crippen LogP contribution in [0.3, 0.4) is 0 Å². The van der Waals surface area contributed by atoms with E-state index in [1.165, 1.54) is 6.92 Å². The molecule has 0 radical (unpaired) electrons. The van der Waals surface area contributed by atoms with E-state index in [1.807, 2.05) is 19.9 Å². The number of hydrogen-bond donors (Lipinski definition) is 2. The lowest BCUT2D eigenvalue weighted by Gasteiger charge is -2.53. The van der Waals surface area contributed by atoms with Crippen LogP contribution in [0.5, 0.6) is 11.5 Å². The minimum absolute atomic E-state index is 0.0387. The zero-order valence-electron chi connectivity index (χ0n) is 16.9. The summed E-state index contributed by atoms with van der Waals surface area (Å²) in [5.74, 6) is -1.46. The van der Waals surface area contributed by atoms with Crippen LogP contribution in [0, 0.1) is 11.3 Å². The molecule has 1 saturated carbocycles. The van der Waals surface area contributed by atoms with Crippen LogP contribution in [0.2, 0.25) is 0 Å². The fourth-order valence-electron chi connectivity index (χ4n) is 5.54. The lowest BCUT2D eigenvalue weighted by atomic mass is 9.49. The third-order valence-corrected chi connectivity index (χ3v) is 6.69. The molecule has 0 aromatic heterocycles. The van der Waals surface area contributed by atoms with Crippen molar-refractivity contribution in [2.24, 2.45) is 11.3 Å². The Morgan fingerprint density at radius 2 is 1.93 bits per heavy atom. The van der Waals surface area contributed by atoms with Gasteiger partial charge in [0.05, 0.1) is 5.41 Å². The van der Waals surface area contributed by atoms with Gasteiger partial charge in [0.2, 0.25) is 0 Å². The maximum absolute atomic E-state index is 12.6. The highest BCUT2D eigenvalue weighted by Gasteiger charge is 2.58. The number of rotatable bonds is 3. The Labute approximate surface area is 160 Å². The van der Waals surface area contributed by atoms with Crippen molar-refractivity contribution in [3.05, 3.63) is 22.8 Å². The molecule has 0 unspecified atom stereocenters. The van der Waals surface area contributed by atoms with Crippen molar-refractivity contribution < 1.29 is 24.5 Å². The summed E-state index contributed by atoms with van der Waals surface area (Å²) in [6.07, 6.45) is 3.78. The number of hydrogen-bond acceptors (Lipinski definition) is 4. The molecule has 1 aromatic carbocycles. The summed E-state index contributed by atoms with van der Waals surface area (Å²) in [6, 6.07) is 1.94. The number of carbonyl (C=O) groups is 2. The number of phenols is 1. The molecule has 5 nitrogen and oxygen atoms in total. The highest BCUT2D eigenvalue weighted by molar-refractivity contribution is 5.86. The van der Waals surface area contributed by atoms with Crippen molar-refractivity contribution in [2.75, 3.05) is 0 Å². The predicted octanol–water partition coefficient (Wildman–Crippen LogP) is 4.54. The second-order valence-corrected chi connectivity index (χ2v) is 9.14. The summed E-state index contributed by atoms with van der Waals surface area (Å²) in [7, 11) is 0. The van der Waals surface area contributed by atoms with Crippen LogP contribution in [0.4, 0.5) is 0 Å². The molecule has 3 rings (SSSR count). The number of carboxylic acid groups (broad SMARTS) is 1. The van der Waals surface area contributed by atoms with E-state index in [9.17, 15) is 19.8 Å². The van der Waals surface area contributed by atoms with Crippen LogP contribution in [-0.4, -0.2) is 22.2 Å². The van der Waals surface area contributed by atoms with Gasteiger partial charge in [-0.15, -0.1) is 0 Å². The topological polar surface area (TPSA) is 83.8 Å². The number of aliphatic carboxylic acids is 1. The number of phenolic OH excluding ortho intramolecular Hbond substituents is 1. The molecule has 0 amide bonds. The molecule has 1 fully saturated rings. The third-order valence-electron chi connectivity index (χ3n) is 6.69. The van der Waals surface area contributed by atoms with E-state index >= 15 is 0 Å². The lowest BCUT2D eigenvalue weighted by molar-refractivity contribution is -0.152. The van der Waals surface area contributed by atoms with Crippen LogP contribution in [0.1, 0.15) is 82.9 Å². The molecular formula is C22H30O5. The van der Waals surface area contributed by atoms with Crippen LogP contribution in [0.25, 0.3) is 0 Å². The van der Waals surface area contributed by atoms with E-state index in [2.05, 4.69) is 13.8 Å². The number of aromatic hydroxyl groups is 1. The standard InChI is InChI=1S/C22H30O5/c1-12(2)15-11-14-7-8-16-21(4,5)9-6-10-22(16,20(25)26)17(14)18(24)19(15)27-13(3)23/h11-12,16,24H,6-10H2,1-5H3,(H,25,26)/t16-,22+/m0/s1. The Bertz CT molecular complexity index is 792. The summed E-state index contributed by atoms with van der Waals surface area (Å²) >= 11 is 0. The van der Waals surface area contributed by atoms with Crippen LogP contribution >= 0.6 is 0 Å². The van der Waals surface area contributed by atoms with Gasteiger partial charge in [-0.1, -0.05) is 40.2 Å². The van der Waals surface area contributed by atoms with Gasteiger partial charge in [0.25, 0.3) is 0 Å². The van der Waals surface area contributed by atoms with Crippen molar-refractivity contribution >= 4 is 11.9 Å². The quantitative estimate of drug-likeness (QED) is 0.599. The summed E-state index contributed by atoms with van der Waals surface area (Å²) in [5.41, 5.74) is 0.835. The van der Waals surface area contributed by atoms with Gasteiger partial charge in [-0.3, -0.25) is 9.59 Å². The molecule has 0 aliphatic heterocycles. The van der Waals surface area contributed by atoms with Crippen molar-refractivity contribution in [3.8, 4) is 11.5 Å². The number of aryl methyl sites for hydroxylation is 1. The molecule has 27 heavy (non-hydrogen) atoms. The van der Waals surface area contributed by atoms with Crippen molar-refractivity contribution in [1.82, 2.24) is 0 Å². The molecule has 0 spiro atoms. The summed E-state index contributed by atoms with van der Waals surface area (Å²) in [6.45, 7) is 9.49. The first-order chi connectivity index (χ1) is 12.5. The second kappa shape index (κ2) is 6.54. The van der Waals surface area contributed by atoms with Crippen molar-refractivity contribution in [3.63, 3.8) is 0 Å². The molecule has 0 saturated heterocycles. The molecule has 0 heterocycles. The molecule has 2 N–H and O–H groups in total. The third kappa shape index (κ3) is 2.91. The molecule has 5 heteroatoms. The van der Waals surface area contributed by atoms with Gasteiger partial charge in [-0.05, 0) is 48.5 Å². The average molecular weight is 374 g/mol. The van der Waals surface area contributed by atoms with E-state index in [1.54, 1.807) is 0 Å². The zero-order chi connectivity index (χ0) is 20.1. The Balaban J connectivity index is 2.33. The Hall–Kier alpha value is -2.04. The van der Waals surface area contributed by atoms with Gasteiger partial charge in [-0.25, -0.2) is 0 Å². The van der Waals surface area contributed by atoms with Gasteiger partial charge in [0.15, 0.2) is 11.5 Å². The number of carboxylic acids is 1. The number of carbonyl (C=O) groups excluding carboxylic acids is 1. The molecule has 2 aliphatic rings.